The molecule has 1 fully saturated rings. The molecule has 2 aromatic rings. The van der Waals surface area contributed by atoms with Crippen molar-refractivity contribution in [3.05, 3.63) is 54.6 Å². The van der Waals surface area contributed by atoms with Crippen LogP contribution in [-0.4, -0.2) is 90.0 Å². The molecule has 244 valence electrons. The summed E-state index contributed by atoms with van der Waals surface area (Å²) < 4.78 is 28.7. The highest BCUT2D eigenvalue weighted by Crippen LogP contribution is 2.23. The molecule has 4 N–H and O–H groups in total. The fourth-order valence-electron chi connectivity index (χ4n) is 4.91. The van der Waals surface area contributed by atoms with Gasteiger partial charge >= 0.3 is 0 Å². The van der Waals surface area contributed by atoms with Gasteiger partial charge in [0.1, 0.15) is 30.1 Å². The highest BCUT2D eigenvalue weighted by Gasteiger charge is 2.44. The molecule has 0 spiro atoms. The molecule has 0 aliphatic carbocycles. The number of carbonyl (C=O) groups excluding carboxylic acids is 5. The molecule has 45 heavy (non-hydrogen) atoms. The van der Waals surface area contributed by atoms with Crippen LogP contribution in [0.25, 0.3) is 0 Å². The van der Waals surface area contributed by atoms with E-state index in [1.54, 1.807) is 52.8 Å². The van der Waals surface area contributed by atoms with E-state index in [2.05, 4.69) is 30.6 Å². The summed E-state index contributed by atoms with van der Waals surface area (Å²) in [6.07, 6.45) is 4.88. The minimum atomic E-state index is -3.98. The number of amides is 4. The number of hydrogen-bond donors (Lipinski definition) is 4. The smallest absolute Gasteiger partial charge is 0.272 e. The lowest BCUT2D eigenvalue weighted by Crippen LogP contribution is -2.59. The Labute approximate surface area is 263 Å². The lowest BCUT2D eigenvalue weighted by molar-refractivity contribution is -0.143. The van der Waals surface area contributed by atoms with Crippen molar-refractivity contribution in [2.75, 3.05) is 6.54 Å². The Morgan fingerprint density at radius 2 is 1.64 bits per heavy atom. The van der Waals surface area contributed by atoms with E-state index >= 15 is 0 Å². The van der Waals surface area contributed by atoms with Crippen molar-refractivity contribution in [3.63, 3.8) is 0 Å². The second-order valence-corrected chi connectivity index (χ2v) is 13.3. The Bertz CT molecular complexity index is 1460. The zero-order valence-corrected chi connectivity index (χ0v) is 26.8. The van der Waals surface area contributed by atoms with Crippen molar-refractivity contribution < 1.29 is 32.4 Å². The number of rotatable bonds is 14. The van der Waals surface area contributed by atoms with Gasteiger partial charge < -0.3 is 25.6 Å². The summed E-state index contributed by atoms with van der Waals surface area (Å²) in [7, 11) is -3.98. The van der Waals surface area contributed by atoms with Gasteiger partial charge in [-0.2, -0.15) is 0 Å². The van der Waals surface area contributed by atoms with E-state index < -0.39 is 69.8 Å². The van der Waals surface area contributed by atoms with E-state index in [0.717, 1.165) is 0 Å². The molecule has 3 rings (SSSR count). The quantitative estimate of drug-likeness (QED) is 0.211. The lowest BCUT2D eigenvalue weighted by Gasteiger charge is -2.32. The normalized spacial score (nSPS) is 18.6. The van der Waals surface area contributed by atoms with Gasteiger partial charge in [0.15, 0.2) is 0 Å². The fraction of sp³-hybridized carbons (Fsp3) is 0.500. The van der Waals surface area contributed by atoms with Gasteiger partial charge in [-0.05, 0) is 36.8 Å². The summed E-state index contributed by atoms with van der Waals surface area (Å²) >= 11 is 0. The number of aldehydes is 1. The standard InChI is InChI=1S/C30H41N7O7S/c1-6-20(17-38)33-28(40)24-14-21(36-45(43,44)22-10-8-7-9-11-22)16-37(24)30(42)26(19(4)5)35-29(41)25(18(2)3)34-27(39)23-15-31-12-13-32-23/h7-13,15,17-21,24-26,36H,6,14,16H2,1-5H3,(H,33,40)(H,34,39)(H,35,41)/t20-,21+,24-,25-,26-/m0/s1. The van der Waals surface area contributed by atoms with Gasteiger partial charge in [0.05, 0.1) is 17.1 Å². The number of benzene rings is 1. The number of hydrogen-bond acceptors (Lipinski definition) is 9. The van der Waals surface area contributed by atoms with Crippen LogP contribution in [0.5, 0.6) is 0 Å². The molecule has 1 saturated heterocycles. The maximum Gasteiger partial charge on any atom is 0.272 e. The predicted molar refractivity (Wildman–Crippen MR) is 164 cm³/mol. The van der Waals surface area contributed by atoms with Crippen LogP contribution in [0.15, 0.2) is 53.8 Å². The monoisotopic (exact) mass is 643 g/mol. The van der Waals surface area contributed by atoms with Crippen molar-refractivity contribution >= 4 is 39.9 Å². The van der Waals surface area contributed by atoms with Crippen LogP contribution in [0.3, 0.4) is 0 Å². The van der Waals surface area contributed by atoms with Crippen LogP contribution in [-0.2, 0) is 29.2 Å². The molecule has 15 heteroatoms. The molecular formula is C30H41N7O7S. The van der Waals surface area contributed by atoms with Crippen LogP contribution < -0.4 is 20.7 Å². The molecule has 0 unspecified atom stereocenters. The first-order valence-corrected chi connectivity index (χ1v) is 16.3. The van der Waals surface area contributed by atoms with Gasteiger partial charge in [-0.25, -0.2) is 18.1 Å². The summed E-state index contributed by atoms with van der Waals surface area (Å²) in [6.45, 7) is 8.45. The van der Waals surface area contributed by atoms with Crippen molar-refractivity contribution in [2.24, 2.45) is 11.8 Å². The number of nitrogens with one attached hydrogen (secondary N) is 4. The first-order valence-electron chi connectivity index (χ1n) is 14.8. The zero-order chi connectivity index (χ0) is 33.3. The van der Waals surface area contributed by atoms with Crippen molar-refractivity contribution in [1.29, 1.82) is 0 Å². The Kier molecular flexibility index (Phi) is 12.3. The average molecular weight is 644 g/mol. The highest BCUT2D eigenvalue weighted by molar-refractivity contribution is 7.89. The van der Waals surface area contributed by atoms with Gasteiger partial charge in [0.25, 0.3) is 5.91 Å². The van der Waals surface area contributed by atoms with E-state index in [0.29, 0.717) is 12.7 Å². The number of likely N-dealkylation sites (tertiary alicyclic amines) is 1. The Balaban J connectivity index is 1.85. The third kappa shape index (κ3) is 9.14. The summed E-state index contributed by atoms with van der Waals surface area (Å²) in [5.74, 6) is -3.29. The van der Waals surface area contributed by atoms with E-state index in [-0.39, 0.29) is 29.5 Å². The van der Waals surface area contributed by atoms with E-state index in [4.69, 9.17) is 0 Å². The molecule has 1 aliphatic heterocycles. The van der Waals surface area contributed by atoms with Gasteiger partial charge in [-0.1, -0.05) is 52.8 Å². The summed E-state index contributed by atoms with van der Waals surface area (Å²) in [5, 5.41) is 7.99. The molecule has 0 radical (unpaired) electrons. The second kappa shape index (κ2) is 15.7. The lowest BCUT2D eigenvalue weighted by atomic mass is 9.98. The van der Waals surface area contributed by atoms with Crippen LogP contribution in [0, 0.1) is 11.8 Å². The number of carbonyl (C=O) groups is 5. The van der Waals surface area contributed by atoms with E-state index in [9.17, 15) is 32.4 Å². The fourth-order valence-corrected chi connectivity index (χ4v) is 6.17. The van der Waals surface area contributed by atoms with Crippen LogP contribution in [0.2, 0.25) is 0 Å². The van der Waals surface area contributed by atoms with E-state index in [1.807, 2.05) is 0 Å². The third-order valence-electron chi connectivity index (χ3n) is 7.46. The summed E-state index contributed by atoms with van der Waals surface area (Å²) in [4.78, 5) is 74.2. The largest absolute Gasteiger partial charge is 0.345 e. The van der Waals surface area contributed by atoms with Crippen molar-refractivity contribution in [3.8, 4) is 0 Å². The number of sulfonamides is 1. The molecule has 4 amide bonds. The predicted octanol–water partition coefficient (Wildman–Crippen LogP) is 0.414. The SMILES string of the molecule is CC[C@@H](C=O)NC(=O)[C@@H]1C[C@@H](NS(=O)(=O)c2ccccc2)CN1C(=O)[C@@H](NC(=O)[C@@H](NC(=O)c1cnccn1)C(C)C)C(C)C. The molecule has 5 atom stereocenters. The topological polar surface area (TPSA) is 197 Å². The Morgan fingerprint density at radius 1 is 0.978 bits per heavy atom. The molecule has 1 aromatic heterocycles. The van der Waals surface area contributed by atoms with Crippen molar-refractivity contribution in [2.45, 2.75) is 82.6 Å². The van der Waals surface area contributed by atoms with Gasteiger partial charge in [0, 0.05) is 25.0 Å². The minimum Gasteiger partial charge on any atom is -0.345 e. The maximum absolute atomic E-state index is 14.1. The minimum absolute atomic E-state index is 0.0167. The van der Waals surface area contributed by atoms with E-state index in [1.165, 1.54) is 35.6 Å². The van der Waals surface area contributed by atoms with Crippen molar-refractivity contribution in [1.82, 2.24) is 35.5 Å². The molecule has 1 aliphatic rings. The average Bonchev–Trinajstić information content (AvgIpc) is 3.44. The number of aromatic nitrogens is 2. The van der Waals surface area contributed by atoms with Gasteiger partial charge in [-0.3, -0.25) is 24.2 Å². The Hall–Kier alpha value is -4.24. The Morgan fingerprint density at radius 3 is 2.20 bits per heavy atom. The molecule has 0 bridgehead atoms. The third-order valence-corrected chi connectivity index (χ3v) is 8.99. The molecule has 0 saturated carbocycles. The van der Waals surface area contributed by atoms with Crippen LogP contribution in [0.4, 0.5) is 0 Å². The summed E-state index contributed by atoms with van der Waals surface area (Å²) in [6, 6.07) is 2.80. The highest BCUT2D eigenvalue weighted by atomic mass is 32.2. The van der Waals surface area contributed by atoms with Gasteiger partial charge in [-0.15, -0.1) is 0 Å². The van der Waals surface area contributed by atoms with Gasteiger partial charge in [0.2, 0.25) is 27.7 Å². The maximum atomic E-state index is 14.1. The zero-order valence-electron chi connectivity index (χ0n) is 26.0. The molecule has 1 aromatic carbocycles. The molecular weight excluding hydrogens is 602 g/mol. The van der Waals surface area contributed by atoms with Crippen LogP contribution >= 0.6 is 0 Å². The first-order chi connectivity index (χ1) is 21.3. The first kappa shape index (κ1) is 35.2. The molecule has 2 heterocycles. The molecule has 14 nitrogen and oxygen atoms in total. The summed E-state index contributed by atoms with van der Waals surface area (Å²) in [5.41, 5.74) is 0.0167. The van der Waals surface area contributed by atoms with Crippen LogP contribution in [0.1, 0.15) is 57.9 Å². The second-order valence-electron chi connectivity index (χ2n) is 11.5. The number of nitrogens with zero attached hydrogens (tertiary/aromatic N) is 3.